The number of amides is 1. The summed E-state index contributed by atoms with van der Waals surface area (Å²) in [5.41, 5.74) is 5.08. The highest BCUT2D eigenvalue weighted by Gasteiger charge is 2.47. The molecule has 0 aliphatic heterocycles. The van der Waals surface area contributed by atoms with E-state index in [2.05, 4.69) is 5.32 Å². The van der Waals surface area contributed by atoms with E-state index in [9.17, 15) is 13.2 Å². The SMILES string of the molecule is CCC(CC)(CN)NC(=O)CC1(CS(C)(=O)=O)CC1. The molecule has 112 valence electrons. The van der Waals surface area contributed by atoms with Gasteiger partial charge in [-0.05, 0) is 31.1 Å². The van der Waals surface area contributed by atoms with Crippen molar-refractivity contribution < 1.29 is 13.2 Å². The second-order valence-corrected chi connectivity index (χ2v) is 8.13. The maximum atomic E-state index is 12.1. The van der Waals surface area contributed by atoms with Crippen molar-refractivity contribution in [2.75, 3.05) is 18.6 Å². The Morgan fingerprint density at radius 2 is 1.84 bits per heavy atom. The summed E-state index contributed by atoms with van der Waals surface area (Å²) < 4.78 is 22.7. The maximum Gasteiger partial charge on any atom is 0.221 e. The van der Waals surface area contributed by atoms with Gasteiger partial charge in [-0.3, -0.25) is 4.79 Å². The van der Waals surface area contributed by atoms with E-state index in [1.54, 1.807) is 0 Å². The molecule has 3 N–H and O–H groups in total. The van der Waals surface area contributed by atoms with Gasteiger partial charge in [0, 0.05) is 19.2 Å². The lowest BCUT2D eigenvalue weighted by Crippen LogP contribution is -2.53. The van der Waals surface area contributed by atoms with E-state index in [1.807, 2.05) is 13.8 Å². The third-order valence-corrected chi connectivity index (χ3v) is 5.35. The van der Waals surface area contributed by atoms with Crippen LogP contribution in [0.5, 0.6) is 0 Å². The summed E-state index contributed by atoms with van der Waals surface area (Å²) in [4.78, 5) is 12.1. The van der Waals surface area contributed by atoms with Gasteiger partial charge >= 0.3 is 0 Å². The average Bonchev–Trinajstić information content (AvgIpc) is 3.02. The van der Waals surface area contributed by atoms with E-state index in [4.69, 9.17) is 5.73 Å². The van der Waals surface area contributed by atoms with Crippen LogP contribution in [0.15, 0.2) is 0 Å². The predicted molar refractivity (Wildman–Crippen MR) is 76.5 cm³/mol. The van der Waals surface area contributed by atoms with Crippen molar-refractivity contribution in [1.82, 2.24) is 5.32 Å². The number of nitrogens with one attached hydrogen (secondary N) is 1. The summed E-state index contributed by atoms with van der Waals surface area (Å²) in [5, 5.41) is 3.00. The maximum absolute atomic E-state index is 12.1. The summed E-state index contributed by atoms with van der Waals surface area (Å²) in [6, 6.07) is 0. The van der Waals surface area contributed by atoms with Gasteiger partial charge in [0.05, 0.1) is 11.3 Å². The monoisotopic (exact) mass is 290 g/mol. The van der Waals surface area contributed by atoms with Crippen LogP contribution >= 0.6 is 0 Å². The zero-order chi connectivity index (χ0) is 14.7. The molecular weight excluding hydrogens is 264 g/mol. The Bertz CT molecular complexity index is 415. The summed E-state index contributed by atoms with van der Waals surface area (Å²) in [6.07, 6.45) is 4.73. The topological polar surface area (TPSA) is 89.3 Å². The molecule has 0 bridgehead atoms. The minimum absolute atomic E-state index is 0.0738. The van der Waals surface area contributed by atoms with Crippen molar-refractivity contribution in [2.24, 2.45) is 11.1 Å². The second kappa shape index (κ2) is 5.79. The normalized spacial score (nSPS) is 18.1. The van der Waals surface area contributed by atoms with Gasteiger partial charge in [0.2, 0.25) is 5.91 Å². The first-order valence-corrected chi connectivity index (χ1v) is 8.95. The Morgan fingerprint density at radius 3 is 2.16 bits per heavy atom. The Kier molecular flexibility index (Phi) is 5.01. The first-order valence-electron chi connectivity index (χ1n) is 6.89. The molecular formula is C13H26N2O3S. The Morgan fingerprint density at radius 1 is 1.32 bits per heavy atom. The van der Waals surface area contributed by atoms with Gasteiger partial charge in [0.15, 0.2) is 0 Å². The summed E-state index contributed by atoms with van der Waals surface area (Å²) in [7, 11) is -3.03. The molecule has 1 amide bonds. The van der Waals surface area contributed by atoms with E-state index in [-0.39, 0.29) is 22.6 Å². The van der Waals surface area contributed by atoms with E-state index in [1.165, 1.54) is 6.26 Å². The molecule has 0 aromatic carbocycles. The highest BCUT2D eigenvalue weighted by atomic mass is 32.2. The van der Waals surface area contributed by atoms with E-state index in [0.717, 1.165) is 25.7 Å². The van der Waals surface area contributed by atoms with Crippen molar-refractivity contribution in [1.29, 1.82) is 0 Å². The van der Waals surface area contributed by atoms with Crippen LogP contribution in [0.1, 0.15) is 46.0 Å². The third kappa shape index (κ3) is 4.76. The molecule has 0 spiro atoms. The van der Waals surface area contributed by atoms with Crippen molar-refractivity contribution in [3.8, 4) is 0 Å². The number of nitrogens with two attached hydrogens (primary N) is 1. The van der Waals surface area contributed by atoms with E-state index >= 15 is 0 Å². The Labute approximate surface area is 116 Å². The van der Waals surface area contributed by atoms with Crippen molar-refractivity contribution in [2.45, 2.75) is 51.5 Å². The van der Waals surface area contributed by atoms with Crippen molar-refractivity contribution in [3.63, 3.8) is 0 Å². The number of carbonyl (C=O) groups is 1. The molecule has 1 aliphatic rings. The minimum Gasteiger partial charge on any atom is -0.349 e. The number of rotatable bonds is 8. The van der Waals surface area contributed by atoms with Gasteiger partial charge in [-0.25, -0.2) is 8.42 Å². The van der Waals surface area contributed by atoms with Crippen molar-refractivity contribution >= 4 is 15.7 Å². The van der Waals surface area contributed by atoms with Gasteiger partial charge in [-0.1, -0.05) is 13.8 Å². The summed E-state index contributed by atoms with van der Waals surface area (Å²) in [5.74, 6) is 0.0386. The third-order valence-electron chi connectivity index (χ3n) is 4.21. The van der Waals surface area contributed by atoms with Crippen LogP contribution < -0.4 is 11.1 Å². The van der Waals surface area contributed by atoms with Crippen LogP contribution in [-0.2, 0) is 14.6 Å². The molecule has 5 nitrogen and oxygen atoms in total. The molecule has 0 heterocycles. The van der Waals surface area contributed by atoms with Gasteiger partial charge in [0.1, 0.15) is 9.84 Å². The Balaban J connectivity index is 2.61. The first-order chi connectivity index (χ1) is 8.70. The van der Waals surface area contributed by atoms with Crippen LogP contribution in [-0.4, -0.2) is 38.4 Å². The van der Waals surface area contributed by atoms with Crippen LogP contribution in [0.3, 0.4) is 0 Å². The second-order valence-electron chi connectivity index (χ2n) is 5.99. The molecule has 19 heavy (non-hydrogen) atoms. The Hall–Kier alpha value is -0.620. The molecule has 0 aromatic rings. The van der Waals surface area contributed by atoms with E-state index < -0.39 is 9.84 Å². The minimum atomic E-state index is -3.03. The quantitative estimate of drug-likeness (QED) is 0.693. The molecule has 0 radical (unpaired) electrons. The summed E-state index contributed by atoms with van der Waals surface area (Å²) in [6.45, 7) is 4.41. The molecule has 1 saturated carbocycles. The number of carbonyl (C=O) groups excluding carboxylic acids is 1. The lowest BCUT2D eigenvalue weighted by Gasteiger charge is -2.32. The van der Waals surface area contributed by atoms with Crippen LogP contribution in [0.4, 0.5) is 0 Å². The first kappa shape index (κ1) is 16.4. The molecule has 1 rings (SSSR count). The molecule has 6 heteroatoms. The van der Waals surface area contributed by atoms with Crippen LogP contribution in [0.2, 0.25) is 0 Å². The highest BCUT2D eigenvalue weighted by molar-refractivity contribution is 7.90. The fraction of sp³-hybridized carbons (Fsp3) is 0.923. The predicted octanol–water partition coefficient (Wildman–Crippen LogP) is 0.835. The molecule has 1 aliphatic carbocycles. The van der Waals surface area contributed by atoms with Gasteiger partial charge < -0.3 is 11.1 Å². The average molecular weight is 290 g/mol. The van der Waals surface area contributed by atoms with E-state index in [0.29, 0.717) is 13.0 Å². The zero-order valence-corrected chi connectivity index (χ0v) is 13.0. The molecule has 0 saturated heterocycles. The number of hydrogen-bond donors (Lipinski definition) is 2. The lowest BCUT2D eigenvalue weighted by molar-refractivity contribution is -0.124. The van der Waals surface area contributed by atoms with Gasteiger partial charge in [-0.15, -0.1) is 0 Å². The lowest BCUT2D eigenvalue weighted by atomic mass is 9.92. The van der Waals surface area contributed by atoms with Crippen LogP contribution in [0, 0.1) is 5.41 Å². The smallest absolute Gasteiger partial charge is 0.221 e. The highest BCUT2D eigenvalue weighted by Crippen LogP contribution is 2.49. The fourth-order valence-electron chi connectivity index (χ4n) is 2.55. The number of sulfone groups is 1. The number of hydrogen-bond acceptors (Lipinski definition) is 4. The molecule has 1 fully saturated rings. The van der Waals surface area contributed by atoms with Crippen molar-refractivity contribution in [3.05, 3.63) is 0 Å². The molecule has 0 aromatic heterocycles. The molecule has 0 atom stereocenters. The van der Waals surface area contributed by atoms with Gasteiger partial charge in [-0.2, -0.15) is 0 Å². The largest absolute Gasteiger partial charge is 0.349 e. The van der Waals surface area contributed by atoms with Crippen LogP contribution in [0.25, 0.3) is 0 Å². The summed E-state index contributed by atoms with van der Waals surface area (Å²) >= 11 is 0. The fourth-order valence-corrected chi connectivity index (χ4v) is 4.06. The van der Waals surface area contributed by atoms with Gasteiger partial charge in [0.25, 0.3) is 0 Å². The molecule has 0 unspecified atom stereocenters. The standard InChI is InChI=1S/C13H26N2O3S/c1-4-13(5-2,9-14)15-11(16)8-12(6-7-12)10-19(3,17)18/h4-10,14H2,1-3H3,(H,15,16). The zero-order valence-electron chi connectivity index (χ0n) is 12.2.